The predicted molar refractivity (Wildman–Crippen MR) is 73.8 cm³/mol. The normalized spacial score (nSPS) is 14.2. The molecule has 1 rings (SSSR count). The van der Waals surface area contributed by atoms with Gasteiger partial charge in [0.15, 0.2) is 0 Å². The second-order valence-corrected chi connectivity index (χ2v) is 4.77. The smallest absolute Gasteiger partial charge is 0.272 e. The van der Waals surface area contributed by atoms with E-state index in [1.165, 1.54) is 0 Å². The fourth-order valence-electron chi connectivity index (χ4n) is 2.28. The Morgan fingerprint density at radius 1 is 1.44 bits per heavy atom. The minimum atomic E-state index is -0.304. The second kappa shape index (κ2) is 6.50. The Bertz CT molecular complexity index is 418. The van der Waals surface area contributed by atoms with Gasteiger partial charge in [0.2, 0.25) is 0 Å². The molecule has 4 heteroatoms. The van der Waals surface area contributed by atoms with E-state index in [9.17, 15) is 10.1 Å². The molecule has 0 radical (unpaired) electrons. The third-order valence-corrected chi connectivity index (χ3v) is 3.78. The van der Waals surface area contributed by atoms with Crippen LogP contribution in [-0.4, -0.2) is 18.0 Å². The number of benzene rings is 1. The first-order valence-electron chi connectivity index (χ1n) is 6.41. The van der Waals surface area contributed by atoms with Crippen LogP contribution in [0.4, 0.5) is 5.69 Å². The van der Waals surface area contributed by atoms with Crippen molar-refractivity contribution in [2.45, 2.75) is 39.7 Å². The number of hydrogen-bond acceptors (Lipinski definition) is 3. The van der Waals surface area contributed by atoms with E-state index in [1.54, 1.807) is 12.1 Å². The summed E-state index contributed by atoms with van der Waals surface area (Å²) in [4.78, 5) is 10.6. The second-order valence-electron chi connectivity index (χ2n) is 4.77. The number of hydrogen-bond donors (Lipinski definition) is 1. The Kier molecular flexibility index (Phi) is 5.28. The highest BCUT2D eigenvalue weighted by atomic mass is 16.6. The fraction of sp³-hybridized carbons (Fsp3) is 0.571. The third kappa shape index (κ3) is 3.29. The van der Waals surface area contributed by atoms with Gasteiger partial charge in [-0.25, -0.2) is 0 Å². The zero-order valence-electron chi connectivity index (χ0n) is 11.6. The van der Waals surface area contributed by atoms with Crippen molar-refractivity contribution in [2.75, 3.05) is 7.05 Å². The highest BCUT2D eigenvalue weighted by molar-refractivity contribution is 5.44. The van der Waals surface area contributed by atoms with E-state index in [1.807, 2.05) is 20.0 Å². The molecule has 0 aliphatic carbocycles. The van der Waals surface area contributed by atoms with Gasteiger partial charge in [-0.3, -0.25) is 10.1 Å². The van der Waals surface area contributed by atoms with Crippen LogP contribution in [-0.2, 0) is 6.42 Å². The largest absolute Gasteiger partial charge is 0.317 e. The van der Waals surface area contributed by atoms with E-state index in [0.29, 0.717) is 12.0 Å². The molecule has 2 unspecified atom stereocenters. The van der Waals surface area contributed by atoms with E-state index >= 15 is 0 Å². The molecule has 0 saturated carbocycles. The number of rotatable bonds is 6. The number of nitrogens with one attached hydrogen (secondary N) is 1. The summed E-state index contributed by atoms with van der Waals surface area (Å²) >= 11 is 0. The van der Waals surface area contributed by atoms with Crippen molar-refractivity contribution < 1.29 is 4.92 Å². The SMILES string of the molecule is CCC(Cc1cccc([N+](=O)[O-])c1C)C(C)NC. The Morgan fingerprint density at radius 2 is 2.11 bits per heavy atom. The van der Waals surface area contributed by atoms with Crippen molar-refractivity contribution >= 4 is 5.69 Å². The average molecular weight is 250 g/mol. The highest BCUT2D eigenvalue weighted by Crippen LogP contribution is 2.25. The molecule has 0 bridgehead atoms. The van der Waals surface area contributed by atoms with Crippen LogP contribution >= 0.6 is 0 Å². The summed E-state index contributed by atoms with van der Waals surface area (Å²) in [5.74, 6) is 0.496. The first kappa shape index (κ1) is 14.6. The van der Waals surface area contributed by atoms with Crippen LogP contribution in [0.15, 0.2) is 18.2 Å². The van der Waals surface area contributed by atoms with Gasteiger partial charge in [-0.05, 0) is 38.8 Å². The van der Waals surface area contributed by atoms with Gasteiger partial charge in [0, 0.05) is 17.7 Å². The molecular formula is C14H22N2O2. The zero-order valence-corrected chi connectivity index (χ0v) is 11.6. The van der Waals surface area contributed by atoms with E-state index < -0.39 is 0 Å². The molecule has 18 heavy (non-hydrogen) atoms. The monoisotopic (exact) mass is 250 g/mol. The highest BCUT2D eigenvalue weighted by Gasteiger charge is 2.18. The quantitative estimate of drug-likeness (QED) is 0.623. The predicted octanol–water partition coefficient (Wildman–Crippen LogP) is 3.08. The lowest BCUT2D eigenvalue weighted by molar-refractivity contribution is -0.385. The maximum atomic E-state index is 10.9. The summed E-state index contributed by atoms with van der Waals surface area (Å²) in [6.45, 7) is 6.15. The van der Waals surface area contributed by atoms with Gasteiger partial charge < -0.3 is 5.32 Å². The van der Waals surface area contributed by atoms with Gasteiger partial charge in [0.05, 0.1) is 4.92 Å². The van der Waals surface area contributed by atoms with Crippen LogP contribution in [0, 0.1) is 23.0 Å². The van der Waals surface area contributed by atoms with E-state index in [0.717, 1.165) is 24.0 Å². The van der Waals surface area contributed by atoms with Gasteiger partial charge in [-0.2, -0.15) is 0 Å². The van der Waals surface area contributed by atoms with Gasteiger partial charge in [-0.1, -0.05) is 25.5 Å². The van der Waals surface area contributed by atoms with Crippen LogP contribution in [0.25, 0.3) is 0 Å². The lowest BCUT2D eigenvalue weighted by Gasteiger charge is -2.23. The van der Waals surface area contributed by atoms with Crippen LogP contribution in [0.3, 0.4) is 0 Å². The molecule has 1 N–H and O–H groups in total. The van der Waals surface area contributed by atoms with Gasteiger partial charge in [0.1, 0.15) is 0 Å². The molecule has 0 aliphatic heterocycles. The Balaban J connectivity index is 2.96. The summed E-state index contributed by atoms with van der Waals surface area (Å²) in [6.07, 6.45) is 1.94. The standard InChI is InChI=1S/C14H22N2O2/c1-5-12(11(3)15-4)9-13-7-6-8-14(10(13)2)16(17)18/h6-8,11-12,15H,5,9H2,1-4H3. The topological polar surface area (TPSA) is 55.2 Å². The molecule has 0 saturated heterocycles. The summed E-state index contributed by atoms with van der Waals surface area (Å²) < 4.78 is 0. The summed E-state index contributed by atoms with van der Waals surface area (Å²) in [5, 5.41) is 14.2. The van der Waals surface area contributed by atoms with Crippen LogP contribution < -0.4 is 5.32 Å². The van der Waals surface area contributed by atoms with E-state index in [4.69, 9.17) is 0 Å². The van der Waals surface area contributed by atoms with Crippen molar-refractivity contribution in [3.63, 3.8) is 0 Å². The first-order chi connectivity index (χ1) is 8.51. The molecule has 100 valence electrons. The van der Waals surface area contributed by atoms with E-state index in [-0.39, 0.29) is 10.6 Å². The van der Waals surface area contributed by atoms with Crippen LogP contribution in [0.1, 0.15) is 31.4 Å². The number of nitro groups is 1. The fourth-order valence-corrected chi connectivity index (χ4v) is 2.28. The van der Waals surface area contributed by atoms with Crippen molar-refractivity contribution in [1.82, 2.24) is 5.32 Å². The number of nitro benzene ring substituents is 1. The van der Waals surface area contributed by atoms with Crippen molar-refractivity contribution in [1.29, 1.82) is 0 Å². The molecule has 1 aromatic carbocycles. The molecule has 0 aromatic heterocycles. The van der Waals surface area contributed by atoms with Crippen molar-refractivity contribution in [3.05, 3.63) is 39.4 Å². The van der Waals surface area contributed by atoms with Crippen molar-refractivity contribution in [3.8, 4) is 0 Å². The Hall–Kier alpha value is -1.42. The molecule has 0 heterocycles. The first-order valence-corrected chi connectivity index (χ1v) is 6.41. The molecule has 2 atom stereocenters. The van der Waals surface area contributed by atoms with Crippen LogP contribution in [0.2, 0.25) is 0 Å². The summed E-state index contributed by atoms with van der Waals surface area (Å²) in [6, 6.07) is 5.75. The minimum Gasteiger partial charge on any atom is -0.317 e. The van der Waals surface area contributed by atoms with Gasteiger partial charge >= 0.3 is 0 Å². The van der Waals surface area contributed by atoms with Gasteiger partial charge in [0.25, 0.3) is 5.69 Å². The molecule has 0 spiro atoms. The maximum absolute atomic E-state index is 10.9. The molecule has 0 amide bonds. The van der Waals surface area contributed by atoms with E-state index in [2.05, 4.69) is 19.2 Å². The molecule has 0 fully saturated rings. The lowest BCUT2D eigenvalue weighted by Crippen LogP contribution is -2.31. The molecule has 1 aromatic rings. The van der Waals surface area contributed by atoms with Crippen molar-refractivity contribution in [2.24, 2.45) is 5.92 Å². The Morgan fingerprint density at radius 3 is 2.61 bits per heavy atom. The average Bonchev–Trinajstić information content (AvgIpc) is 2.36. The van der Waals surface area contributed by atoms with Gasteiger partial charge in [-0.15, -0.1) is 0 Å². The summed E-state index contributed by atoms with van der Waals surface area (Å²) in [5.41, 5.74) is 2.10. The lowest BCUT2D eigenvalue weighted by atomic mass is 9.89. The molecule has 0 aliphatic rings. The minimum absolute atomic E-state index is 0.222. The third-order valence-electron chi connectivity index (χ3n) is 3.78. The number of nitrogens with zero attached hydrogens (tertiary/aromatic N) is 1. The van der Waals surface area contributed by atoms with Crippen LogP contribution in [0.5, 0.6) is 0 Å². The zero-order chi connectivity index (χ0) is 13.7. The molecular weight excluding hydrogens is 228 g/mol. The maximum Gasteiger partial charge on any atom is 0.272 e. The Labute approximate surface area is 109 Å². The summed E-state index contributed by atoms with van der Waals surface area (Å²) in [7, 11) is 1.95. The molecule has 4 nitrogen and oxygen atoms in total.